The van der Waals surface area contributed by atoms with Crippen LogP contribution in [0, 0.1) is 17.3 Å². The first-order valence-electron chi connectivity index (χ1n) is 22.8. The molecule has 3 fully saturated rings. The molecule has 8 rings (SSSR count). The van der Waals surface area contributed by atoms with E-state index in [0.29, 0.717) is 44.5 Å². The number of carbonyl (C=O) groups excluding carboxylic acids is 4. The van der Waals surface area contributed by atoms with E-state index in [4.69, 9.17) is 19.4 Å². The lowest BCUT2D eigenvalue weighted by Gasteiger charge is -2.29. The Kier molecular flexibility index (Phi) is 12.7. The molecule has 13 nitrogen and oxygen atoms in total. The number of fused-ring (bicyclic) bond motifs is 3. The van der Waals surface area contributed by atoms with E-state index in [1.165, 1.54) is 5.56 Å². The SMILES string of the molecule is CC(C)n1c(O[C@@H]2C[C@H]3C(=O)C[C@]4(C(=O)NS(=O)(=O)C5(C)CC5)C[C@H]4/C=C\CCCCC[C@H](CC(=O)OC(C)(C)C)C(=O)N3C2)nc2c(-c3nc(Cc4ccccc4)cs3)cccc21. The van der Waals surface area contributed by atoms with Crippen LogP contribution in [0.5, 0.6) is 6.01 Å². The van der Waals surface area contributed by atoms with Crippen LogP contribution in [0.3, 0.4) is 0 Å². The number of imidazole rings is 1. The van der Waals surface area contributed by atoms with Crippen molar-refractivity contribution in [1.29, 1.82) is 0 Å². The van der Waals surface area contributed by atoms with Gasteiger partial charge in [0.15, 0.2) is 5.78 Å². The third kappa shape index (κ3) is 9.71. The lowest BCUT2D eigenvalue weighted by atomic mass is 9.90. The molecule has 2 aliphatic carbocycles. The normalized spacial score (nSPS) is 25.5. The Hall–Kier alpha value is -4.89. The average molecular weight is 912 g/mol. The number of sulfonamides is 1. The molecule has 0 spiro atoms. The second kappa shape index (κ2) is 17.8. The number of Topliss-reactive ketones (excluding diaryl/α,β-unsaturated/α-hetero) is 1. The fraction of sp³-hybridized carbons (Fsp3) is 0.551. The molecule has 2 saturated carbocycles. The van der Waals surface area contributed by atoms with E-state index in [1.807, 2.05) is 67.0 Å². The molecular weight excluding hydrogens is 851 g/mol. The molecule has 2 aromatic heterocycles. The molecule has 1 saturated heterocycles. The molecule has 2 aromatic carbocycles. The fourth-order valence-electron chi connectivity index (χ4n) is 9.32. The highest BCUT2D eigenvalue weighted by Crippen LogP contribution is 2.57. The molecule has 4 aliphatic rings. The minimum absolute atomic E-state index is 0.0544. The smallest absolute Gasteiger partial charge is 0.307 e. The molecule has 4 aromatic rings. The fourth-order valence-corrected chi connectivity index (χ4v) is 11.5. The van der Waals surface area contributed by atoms with Gasteiger partial charge < -0.3 is 14.4 Å². The van der Waals surface area contributed by atoms with Crippen molar-refractivity contribution in [2.75, 3.05) is 6.54 Å². The summed E-state index contributed by atoms with van der Waals surface area (Å²) in [5.41, 5.74) is 2.57. The highest BCUT2D eigenvalue weighted by molar-refractivity contribution is 7.91. The molecule has 0 unspecified atom stereocenters. The number of rotatable bonds is 11. The van der Waals surface area contributed by atoms with Crippen molar-refractivity contribution < 1.29 is 37.1 Å². The number of esters is 1. The van der Waals surface area contributed by atoms with Crippen molar-refractivity contribution in [2.45, 2.75) is 147 Å². The van der Waals surface area contributed by atoms with E-state index in [-0.39, 0.29) is 49.5 Å². The predicted molar refractivity (Wildman–Crippen MR) is 246 cm³/mol. The minimum Gasteiger partial charge on any atom is -0.460 e. The summed E-state index contributed by atoms with van der Waals surface area (Å²) in [4.78, 5) is 68.7. The summed E-state index contributed by atoms with van der Waals surface area (Å²) >= 11 is 1.56. The van der Waals surface area contributed by atoms with Gasteiger partial charge in [-0.15, -0.1) is 11.3 Å². The summed E-state index contributed by atoms with van der Waals surface area (Å²) in [6.07, 6.45) is 8.51. The Morgan fingerprint density at radius 2 is 1.78 bits per heavy atom. The van der Waals surface area contributed by atoms with Crippen LogP contribution < -0.4 is 9.46 Å². The van der Waals surface area contributed by atoms with Crippen molar-refractivity contribution in [3.63, 3.8) is 0 Å². The first kappa shape index (κ1) is 45.7. The maximum Gasteiger partial charge on any atom is 0.307 e. The second-order valence-electron chi connectivity index (χ2n) is 19.9. The first-order chi connectivity index (χ1) is 30.4. The van der Waals surface area contributed by atoms with Crippen LogP contribution in [0.2, 0.25) is 0 Å². The van der Waals surface area contributed by atoms with E-state index in [0.717, 1.165) is 46.6 Å². The van der Waals surface area contributed by atoms with Crippen LogP contribution in [0.25, 0.3) is 21.6 Å². The largest absolute Gasteiger partial charge is 0.460 e. The Balaban J connectivity index is 1.11. The topological polar surface area (TPSA) is 167 Å². The summed E-state index contributed by atoms with van der Waals surface area (Å²) in [5.74, 6) is -2.92. The number of amides is 2. The molecule has 342 valence electrons. The zero-order valence-corrected chi connectivity index (χ0v) is 39.4. The van der Waals surface area contributed by atoms with Crippen molar-refractivity contribution in [3.05, 3.63) is 77.3 Å². The van der Waals surface area contributed by atoms with E-state index in [1.54, 1.807) is 43.9 Å². The van der Waals surface area contributed by atoms with Gasteiger partial charge in [-0.25, -0.2) is 13.4 Å². The lowest BCUT2D eigenvalue weighted by molar-refractivity contribution is -0.159. The summed E-state index contributed by atoms with van der Waals surface area (Å²) < 4.78 is 42.5. The Labute approximate surface area is 380 Å². The summed E-state index contributed by atoms with van der Waals surface area (Å²) in [5, 5.41) is 2.91. The lowest BCUT2D eigenvalue weighted by Crippen LogP contribution is -2.47. The average Bonchev–Trinajstić information content (AvgIpc) is 3.92. The standard InChI is InChI=1S/C49H61N5O8S2/c1-31(2)54-38-21-15-20-37(43-50-35(30-63-43)24-32-16-11-10-12-17-32)42(38)51-46(54)61-36-26-39-40(55)28-49(45(58)52-64(59,60)48(6)22-23-48)27-34(49)19-14-9-7-8-13-18-33(44(57)53(39)29-36)25-41(56)62-47(3,4)5/h10-12,14-17,19-21,30-31,33-34,36,39H,7-9,13,18,22-29H2,1-6H3,(H,52,58)/b19-14-/t33-,34-,36-,39+,49-/m1/s1. The number of nitrogens with zero attached hydrogens (tertiary/aromatic N) is 4. The maximum atomic E-state index is 14.9. The van der Waals surface area contributed by atoms with Crippen LogP contribution in [0.15, 0.2) is 66.1 Å². The molecule has 2 aliphatic heterocycles. The van der Waals surface area contributed by atoms with Gasteiger partial charge >= 0.3 is 5.97 Å². The van der Waals surface area contributed by atoms with Crippen molar-refractivity contribution >= 4 is 56.0 Å². The number of hydrogen-bond acceptors (Lipinski definition) is 11. The number of carbonyl (C=O) groups is 4. The summed E-state index contributed by atoms with van der Waals surface area (Å²) in [6.45, 7) is 11.1. The van der Waals surface area contributed by atoms with E-state index < -0.39 is 55.7 Å². The van der Waals surface area contributed by atoms with Crippen molar-refractivity contribution in [2.24, 2.45) is 17.3 Å². The van der Waals surface area contributed by atoms with Crippen molar-refractivity contribution in [1.82, 2.24) is 24.2 Å². The number of allylic oxidation sites excluding steroid dienone is 2. The quantitative estimate of drug-likeness (QED) is 0.114. The Morgan fingerprint density at radius 1 is 1.02 bits per heavy atom. The Bertz CT molecular complexity index is 2550. The van der Waals surface area contributed by atoms with Gasteiger partial charge in [0.05, 0.1) is 40.4 Å². The molecule has 15 heteroatoms. The van der Waals surface area contributed by atoms with Crippen LogP contribution in [-0.2, 0) is 40.4 Å². The number of nitrogens with one attached hydrogen (secondary N) is 1. The van der Waals surface area contributed by atoms with Gasteiger partial charge in [0.2, 0.25) is 21.8 Å². The third-order valence-corrected chi connectivity index (χ3v) is 16.4. The van der Waals surface area contributed by atoms with Gasteiger partial charge in [-0.2, -0.15) is 4.98 Å². The van der Waals surface area contributed by atoms with Gasteiger partial charge in [0, 0.05) is 42.2 Å². The van der Waals surface area contributed by atoms with Crippen LogP contribution in [-0.4, -0.2) is 80.5 Å². The zero-order valence-electron chi connectivity index (χ0n) is 37.8. The monoisotopic (exact) mass is 911 g/mol. The number of ether oxygens (including phenoxy) is 2. The highest BCUT2D eigenvalue weighted by atomic mass is 32.2. The van der Waals surface area contributed by atoms with Crippen LogP contribution in [0.1, 0.15) is 129 Å². The number of ketones is 1. The highest BCUT2D eigenvalue weighted by Gasteiger charge is 2.62. The van der Waals surface area contributed by atoms with E-state index in [2.05, 4.69) is 22.2 Å². The predicted octanol–water partition coefficient (Wildman–Crippen LogP) is 8.51. The molecule has 0 radical (unpaired) electrons. The van der Waals surface area contributed by atoms with Gasteiger partial charge in [-0.1, -0.05) is 61.4 Å². The molecule has 0 bridgehead atoms. The number of para-hydroxylation sites is 1. The van der Waals surface area contributed by atoms with Crippen molar-refractivity contribution in [3.8, 4) is 16.6 Å². The third-order valence-electron chi connectivity index (χ3n) is 13.3. The molecule has 5 atom stereocenters. The van der Waals surface area contributed by atoms with Gasteiger partial charge in [0.1, 0.15) is 22.2 Å². The molecule has 2 amide bonds. The minimum atomic E-state index is -3.96. The van der Waals surface area contributed by atoms with E-state index in [9.17, 15) is 27.6 Å². The van der Waals surface area contributed by atoms with Gasteiger partial charge in [-0.05, 0) is 104 Å². The molecular formula is C49H61N5O8S2. The molecule has 4 heterocycles. The summed E-state index contributed by atoms with van der Waals surface area (Å²) in [7, 11) is -3.96. The van der Waals surface area contributed by atoms with Crippen LogP contribution in [0.4, 0.5) is 0 Å². The van der Waals surface area contributed by atoms with E-state index >= 15 is 0 Å². The Morgan fingerprint density at radius 3 is 2.50 bits per heavy atom. The van der Waals surface area contributed by atoms with Crippen LogP contribution >= 0.6 is 11.3 Å². The molecule has 1 N–H and O–H groups in total. The first-order valence-corrected chi connectivity index (χ1v) is 25.2. The zero-order chi connectivity index (χ0) is 45.6. The van der Waals surface area contributed by atoms with Gasteiger partial charge in [0.25, 0.3) is 6.01 Å². The number of thiazole rings is 1. The summed E-state index contributed by atoms with van der Waals surface area (Å²) in [6, 6.07) is 15.5. The van der Waals surface area contributed by atoms with Gasteiger partial charge in [-0.3, -0.25) is 28.5 Å². The number of benzene rings is 2. The second-order valence-corrected chi connectivity index (χ2v) is 22.9. The number of aromatic nitrogens is 3. The number of hydrogen-bond donors (Lipinski definition) is 1. The molecule has 64 heavy (non-hydrogen) atoms. The maximum absolute atomic E-state index is 14.9.